The second-order valence-corrected chi connectivity index (χ2v) is 5.55. The lowest BCUT2D eigenvalue weighted by Crippen LogP contribution is -2.30. The monoisotopic (exact) mass is 336 g/mol. The third-order valence-electron chi connectivity index (χ3n) is 4.05. The van der Waals surface area contributed by atoms with Gasteiger partial charge < -0.3 is 4.74 Å². The summed E-state index contributed by atoms with van der Waals surface area (Å²) in [7, 11) is 1.62. The number of nitrogens with two attached hydrogens (primary N) is 1. The molecule has 25 heavy (non-hydrogen) atoms. The quantitative estimate of drug-likeness (QED) is 0.426. The zero-order chi connectivity index (χ0) is 17.8. The van der Waals surface area contributed by atoms with E-state index in [1.165, 1.54) is 5.56 Å². The summed E-state index contributed by atoms with van der Waals surface area (Å²) in [5, 5.41) is 4.41. The van der Waals surface area contributed by atoms with Crippen LogP contribution in [-0.4, -0.2) is 22.8 Å². The summed E-state index contributed by atoms with van der Waals surface area (Å²) in [5.41, 5.74) is 6.24. The Hall–Kier alpha value is -3.12. The third kappa shape index (κ3) is 3.39. The van der Waals surface area contributed by atoms with Crippen LogP contribution < -0.4 is 16.0 Å². The predicted molar refractivity (Wildman–Crippen MR) is 96.6 cm³/mol. The summed E-state index contributed by atoms with van der Waals surface area (Å²) in [6.45, 7) is 2.11. The normalized spacial score (nSPS) is 10.5. The van der Waals surface area contributed by atoms with Crippen molar-refractivity contribution in [3.8, 4) is 22.7 Å². The first-order chi connectivity index (χ1) is 12.2. The molecule has 1 amide bonds. The van der Waals surface area contributed by atoms with E-state index in [9.17, 15) is 4.79 Å². The number of aryl methyl sites for hydroxylation is 1. The van der Waals surface area contributed by atoms with Crippen molar-refractivity contribution in [3.63, 3.8) is 0 Å². The number of hydrazine groups is 1. The summed E-state index contributed by atoms with van der Waals surface area (Å²) >= 11 is 0. The lowest BCUT2D eigenvalue weighted by atomic mass is 10.1. The number of nitrogen functional groups attached to an aromatic ring is 1. The fourth-order valence-corrected chi connectivity index (χ4v) is 2.60. The molecule has 0 aliphatic heterocycles. The van der Waals surface area contributed by atoms with Crippen LogP contribution in [0, 0.1) is 0 Å². The molecular weight excluding hydrogens is 316 g/mol. The molecule has 128 valence electrons. The number of carbonyl (C=O) groups excluding carboxylic acids is 1. The van der Waals surface area contributed by atoms with Gasteiger partial charge >= 0.3 is 0 Å². The number of carbonyl (C=O) groups is 1. The maximum Gasteiger partial charge on any atom is 0.285 e. The standard InChI is InChI=1S/C19H20N4O2/c1-3-13-4-6-14(7-5-13)18-12-17(19(24)21-20)22-23(18)15-8-10-16(25-2)11-9-15/h4-12H,3,20H2,1-2H3,(H,21,24). The van der Waals surface area contributed by atoms with Gasteiger partial charge in [0.15, 0.2) is 5.69 Å². The first kappa shape index (κ1) is 16.7. The lowest BCUT2D eigenvalue weighted by molar-refractivity contribution is 0.0948. The van der Waals surface area contributed by atoms with E-state index < -0.39 is 5.91 Å². The van der Waals surface area contributed by atoms with E-state index in [-0.39, 0.29) is 5.69 Å². The molecule has 3 aromatic rings. The molecule has 0 radical (unpaired) electrons. The Labute approximate surface area is 146 Å². The third-order valence-corrected chi connectivity index (χ3v) is 4.05. The smallest absolute Gasteiger partial charge is 0.285 e. The van der Waals surface area contributed by atoms with Crippen LogP contribution in [-0.2, 0) is 6.42 Å². The van der Waals surface area contributed by atoms with Gasteiger partial charge in [0.2, 0.25) is 0 Å². The molecule has 6 nitrogen and oxygen atoms in total. The zero-order valence-corrected chi connectivity index (χ0v) is 14.2. The van der Waals surface area contributed by atoms with E-state index in [0.717, 1.165) is 29.1 Å². The van der Waals surface area contributed by atoms with Crippen LogP contribution >= 0.6 is 0 Å². The Morgan fingerprint density at radius 2 is 1.84 bits per heavy atom. The van der Waals surface area contributed by atoms with Crippen molar-refractivity contribution >= 4 is 5.91 Å². The van der Waals surface area contributed by atoms with Gasteiger partial charge in [-0.1, -0.05) is 31.2 Å². The minimum atomic E-state index is -0.432. The minimum absolute atomic E-state index is 0.257. The molecule has 0 fully saturated rings. The van der Waals surface area contributed by atoms with Gasteiger partial charge in [0.05, 0.1) is 18.5 Å². The van der Waals surface area contributed by atoms with E-state index in [2.05, 4.69) is 29.6 Å². The molecule has 0 bridgehead atoms. The van der Waals surface area contributed by atoms with E-state index in [1.807, 2.05) is 36.4 Å². The second kappa shape index (κ2) is 7.19. The van der Waals surface area contributed by atoms with Crippen molar-refractivity contribution in [1.82, 2.24) is 15.2 Å². The topological polar surface area (TPSA) is 82.2 Å². The van der Waals surface area contributed by atoms with Crippen molar-refractivity contribution in [2.75, 3.05) is 7.11 Å². The highest BCUT2D eigenvalue weighted by Gasteiger charge is 2.16. The number of rotatable bonds is 5. The van der Waals surface area contributed by atoms with Crippen molar-refractivity contribution in [3.05, 3.63) is 65.9 Å². The Morgan fingerprint density at radius 1 is 1.16 bits per heavy atom. The first-order valence-corrected chi connectivity index (χ1v) is 8.01. The van der Waals surface area contributed by atoms with E-state index >= 15 is 0 Å². The molecule has 0 saturated carbocycles. The van der Waals surface area contributed by atoms with Crippen molar-refractivity contribution in [2.24, 2.45) is 5.84 Å². The molecule has 1 heterocycles. The molecule has 6 heteroatoms. The summed E-state index contributed by atoms with van der Waals surface area (Å²) in [6.07, 6.45) is 0.971. The largest absolute Gasteiger partial charge is 0.497 e. The Morgan fingerprint density at radius 3 is 2.40 bits per heavy atom. The molecule has 0 atom stereocenters. The zero-order valence-electron chi connectivity index (χ0n) is 14.2. The van der Waals surface area contributed by atoms with Crippen LogP contribution in [0.25, 0.3) is 16.9 Å². The van der Waals surface area contributed by atoms with Gasteiger partial charge in [-0.3, -0.25) is 10.2 Å². The van der Waals surface area contributed by atoms with E-state index in [1.54, 1.807) is 17.9 Å². The predicted octanol–water partition coefficient (Wildman–Crippen LogP) is 2.71. The van der Waals surface area contributed by atoms with Crippen LogP contribution in [0.4, 0.5) is 0 Å². The number of nitrogens with one attached hydrogen (secondary N) is 1. The van der Waals surface area contributed by atoms with Crippen LogP contribution in [0.15, 0.2) is 54.6 Å². The van der Waals surface area contributed by atoms with Crippen LogP contribution in [0.1, 0.15) is 23.0 Å². The molecule has 1 aromatic heterocycles. The summed E-state index contributed by atoms with van der Waals surface area (Å²) in [4.78, 5) is 11.9. The van der Waals surface area contributed by atoms with Crippen molar-refractivity contribution in [2.45, 2.75) is 13.3 Å². The van der Waals surface area contributed by atoms with Crippen molar-refractivity contribution < 1.29 is 9.53 Å². The van der Waals surface area contributed by atoms with Gasteiger partial charge in [-0.05, 0) is 42.3 Å². The fraction of sp³-hybridized carbons (Fsp3) is 0.158. The lowest BCUT2D eigenvalue weighted by Gasteiger charge is -2.09. The highest BCUT2D eigenvalue weighted by atomic mass is 16.5. The molecule has 0 aliphatic carbocycles. The maximum absolute atomic E-state index is 11.9. The highest BCUT2D eigenvalue weighted by molar-refractivity contribution is 5.93. The molecule has 0 spiro atoms. The van der Waals surface area contributed by atoms with Crippen LogP contribution in [0.5, 0.6) is 5.75 Å². The minimum Gasteiger partial charge on any atom is -0.497 e. The molecule has 0 aliphatic rings. The number of ether oxygens (including phenoxy) is 1. The number of nitrogens with zero attached hydrogens (tertiary/aromatic N) is 2. The molecule has 0 unspecified atom stereocenters. The van der Waals surface area contributed by atoms with Gasteiger partial charge in [0.25, 0.3) is 5.91 Å². The molecule has 0 saturated heterocycles. The number of methoxy groups -OCH3 is 1. The SMILES string of the molecule is CCc1ccc(-c2cc(C(=O)NN)nn2-c2ccc(OC)cc2)cc1. The van der Waals surface area contributed by atoms with Gasteiger partial charge in [-0.2, -0.15) is 5.10 Å². The first-order valence-electron chi connectivity index (χ1n) is 8.01. The second-order valence-electron chi connectivity index (χ2n) is 5.55. The maximum atomic E-state index is 11.9. The van der Waals surface area contributed by atoms with Crippen LogP contribution in [0.2, 0.25) is 0 Å². The Bertz CT molecular complexity index is 802. The van der Waals surface area contributed by atoms with Gasteiger partial charge in [0.1, 0.15) is 5.75 Å². The summed E-state index contributed by atoms with van der Waals surface area (Å²) in [6, 6.07) is 17.4. The highest BCUT2D eigenvalue weighted by Crippen LogP contribution is 2.25. The Kier molecular flexibility index (Phi) is 4.81. The number of aromatic nitrogens is 2. The van der Waals surface area contributed by atoms with Gasteiger partial charge in [0, 0.05) is 5.56 Å². The number of benzene rings is 2. The molecular formula is C19H20N4O2. The summed E-state index contributed by atoms with van der Waals surface area (Å²) < 4.78 is 6.92. The van der Waals surface area contributed by atoms with Crippen molar-refractivity contribution in [1.29, 1.82) is 0 Å². The van der Waals surface area contributed by atoms with Gasteiger partial charge in [-0.25, -0.2) is 10.5 Å². The van der Waals surface area contributed by atoms with E-state index in [4.69, 9.17) is 10.6 Å². The van der Waals surface area contributed by atoms with Crippen LogP contribution in [0.3, 0.4) is 0 Å². The van der Waals surface area contributed by atoms with E-state index in [0.29, 0.717) is 0 Å². The average Bonchev–Trinajstić information content (AvgIpc) is 3.13. The fourth-order valence-electron chi connectivity index (χ4n) is 2.60. The summed E-state index contributed by atoms with van der Waals surface area (Å²) in [5.74, 6) is 5.57. The van der Waals surface area contributed by atoms with Gasteiger partial charge in [-0.15, -0.1) is 0 Å². The average molecular weight is 336 g/mol. The number of hydrogen-bond donors (Lipinski definition) is 2. The number of hydrogen-bond acceptors (Lipinski definition) is 4. The molecule has 3 N–H and O–H groups in total. The molecule has 2 aromatic carbocycles. The Balaban J connectivity index is 2.10. The molecule has 3 rings (SSSR count). The number of amides is 1.